The molecule has 2 aromatic rings. The van der Waals surface area contributed by atoms with Gasteiger partial charge < -0.3 is 29.7 Å². The van der Waals surface area contributed by atoms with Crippen LogP contribution in [0.4, 0.5) is 5.69 Å². The maximum absolute atomic E-state index is 5.52. The van der Waals surface area contributed by atoms with Crippen molar-refractivity contribution in [2.24, 2.45) is 10.9 Å². The highest BCUT2D eigenvalue weighted by atomic mass is 127. The van der Waals surface area contributed by atoms with Crippen LogP contribution in [0.2, 0.25) is 0 Å². The average molecular weight is 554 g/mol. The third kappa shape index (κ3) is 6.82. The number of methoxy groups -OCH3 is 3. The zero-order valence-corrected chi connectivity index (χ0v) is 21.7. The Morgan fingerprint density at radius 3 is 2.47 bits per heavy atom. The Morgan fingerprint density at radius 1 is 1.00 bits per heavy atom. The first kappa shape index (κ1) is 25.9. The van der Waals surface area contributed by atoms with Gasteiger partial charge in [0, 0.05) is 33.2 Å². The molecule has 0 saturated carbocycles. The van der Waals surface area contributed by atoms with Gasteiger partial charge in [0.15, 0.2) is 17.5 Å². The number of halogens is 1. The highest BCUT2D eigenvalue weighted by Gasteiger charge is 2.24. The second-order valence-electron chi connectivity index (χ2n) is 7.59. The monoisotopic (exact) mass is 554 g/mol. The van der Waals surface area contributed by atoms with Gasteiger partial charge in [0.2, 0.25) is 0 Å². The van der Waals surface area contributed by atoms with E-state index in [0.29, 0.717) is 5.92 Å². The molecular formula is C24H35IN4O3. The molecule has 176 valence electrons. The predicted octanol–water partition coefficient (Wildman–Crippen LogP) is 3.56. The minimum Gasteiger partial charge on any atom is -0.495 e. The van der Waals surface area contributed by atoms with Gasteiger partial charge >= 0.3 is 0 Å². The lowest BCUT2D eigenvalue weighted by atomic mass is 10.1. The van der Waals surface area contributed by atoms with Crippen molar-refractivity contribution in [2.45, 2.75) is 12.8 Å². The summed E-state index contributed by atoms with van der Waals surface area (Å²) in [5.41, 5.74) is 2.36. The average Bonchev–Trinajstić information content (AvgIpc) is 3.29. The minimum absolute atomic E-state index is 0. The van der Waals surface area contributed by atoms with E-state index < -0.39 is 0 Å². The van der Waals surface area contributed by atoms with Crippen LogP contribution in [-0.2, 0) is 6.42 Å². The molecule has 0 aromatic heterocycles. The first-order valence-corrected chi connectivity index (χ1v) is 10.7. The number of benzene rings is 2. The van der Waals surface area contributed by atoms with E-state index in [-0.39, 0.29) is 24.0 Å². The topological polar surface area (TPSA) is 67.4 Å². The van der Waals surface area contributed by atoms with E-state index in [1.54, 1.807) is 21.3 Å². The van der Waals surface area contributed by atoms with Crippen LogP contribution < -0.4 is 29.7 Å². The number of anilines is 1. The number of aliphatic imine (C=N–C) groups is 1. The quantitative estimate of drug-likeness (QED) is 0.281. The van der Waals surface area contributed by atoms with Crippen LogP contribution in [-0.4, -0.2) is 60.5 Å². The normalized spacial score (nSPS) is 15.7. The molecule has 1 aliphatic rings. The van der Waals surface area contributed by atoms with E-state index in [9.17, 15) is 0 Å². The SMILES string of the molecule is CN=C(NCCc1ccc(OC)c(OC)c1)NCC1CCN(c2ccccc2OC)C1.I. The number of nitrogens with zero attached hydrogens (tertiary/aromatic N) is 2. The second-order valence-corrected chi connectivity index (χ2v) is 7.59. The summed E-state index contributed by atoms with van der Waals surface area (Å²) in [6.07, 6.45) is 2.01. The first-order valence-electron chi connectivity index (χ1n) is 10.7. The van der Waals surface area contributed by atoms with Gasteiger partial charge in [0.25, 0.3) is 0 Å². The summed E-state index contributed by atoms with van der Waals surface area (Å²) in [6, 6.07) is 14.2. The van der Waals surface area contributed by atoms with Crippen LogP contribution in [0.1, 0.15) is 12.0 Å². The number of ether oxygens (including phenoxy) is 3. The Labute approximate surface area is 208 Å². The molecule has 0 radical (unpaired) electrons. The van der Waals surface area contributed by atoms with Crippen LogP contribution in [0.25, 0.3) is 0 Å². The van der Waals surface area contributed by atoms with Gasteiger partial charge in [0.05, 0.1) is 27.0 Å². The fourth-order valence-electron chi connectivity index (χ4n) is 3.93. The van der Waals surface area contributed by atoms with Crippen molar-refractivity contribution in [2.75, 3.05) is 59.5 Å². The lowest BCUT2D eigenvalue weighted by Gasteiger charge is -2.21. The number of rotatable bonds is 9. The van der Waals surface area contributed by atoms with Crippen molar-refractivity contribution in [1.29, 1.82) is 0 Å². The number of guanidine groups is 1. The molecule has 0 bridgehead atoms. The summed E-state index contributed by atoms with van der Waals surface area (Å²) in [5, 5.41) is 6.88. The van der Waals surface area contributed by atoms with Crippen LogP contribution in [0.5, 0.6) is 17.2 Å². The number of hydrogen-bond donors (Lipinski definition) is 2. The Kier molecular flexibility index (Phi) is 10.7. The Hall–Kier alpha value is -2.36. The van der Waals surface area contributed by atoms with Crippen LogP contribution in [0, 0.1) is 5.92 Å². The molecule has 0 aliphatic carbocycles. The molecule has 8 heteroatoms. The fourth-order valence-corrected chi connectivity index (χ4v) is 3.93. The number of nitrogens with one attached hydrogen (secondary N) is 2. The molecule has 1 atom stereocenters. The summed E-state index contributed by atoms with van der Waals surface area (Å²) in [5.74, 6) is 3.83. The summed E-state index contributed by atoms with van der Waals surface area (Å²) >= 11 is 0. The molecule has 1 unspecified atom stereocenters. The van der Waals surface area contributed by atoms with Crippen LogP contribution in [0.15, 0.2) is 47.5 Å². The molecule has 0 spiro atoms. The van der Waals surface area contributed by atoms with Crippen molar-refractivity contribution >= 4 is 35.6 Å². The molecule has 1 saturated heterocycles. The van der Waals surface area contributed by atoms with Gasteiger partial charge in [0.1, 0.15) is 5.75 Å². The Balaban J connectivity index is 0.00000363. The van der Waals surface area contributed by atoms with E-state index in [0.717, 1.165) is 62.2 Å². The molecule has 7 nitrogen and oxygen atoms in total. The smallest absolute Gasteiger partial charge is 0.190 e. The maximum Gasteiger partial charge on any atom is 0.190 e. The predicted molar refractivity (Wildman–Crippen MR) is 141 cm³/mol. The molecule has 2 aromatic carbocycles. The fraction of sp³-hybridized carbons (Fsp3) is 0.458. The van der Waals surface area contributed by atoms with Crippen molar-refractivity contribution in [3.63, 3.8) is 0 Å². The van der Waals surface area contributed by atoms with Gasteiger partial charge in [-0.25, -0.2) is 0 Å². The van der Waals surface area contributed by atoms with E-state index in [1.165, 1.54) is 11.3 Å². The third-order valence-electron chi connectivity index (χ3n) is 5.65. The van der Waals surface area contributed by atoms with E-state index in [4.69, 9.17) is 14.2 Å². The molecule has 1 heterocycles. The minimum atomic E-state index is 0. The Morgan fingerprint density at radius 2 is 1.75 bits per heavy atom. The largest absolute Gasteiger partial charge is 0.495 e. The molecule has 0 amide bonds. The van der Waals surface area contributed by atoms with Crippen molar-refractivity contribution in [1.82, 2.24) is 10.6 Å². The van der Waals surface area contributed by atoms with Crippen LogP contribution in [0.3, 0.4) is 0 Å². The number of para-hydroxylation sites is 2. The summed E-state index contributed by atoms with van der Waals surface area (Å²) in [7, 11) is 6.84. The van der Waals surface area contributed by atoms with Gasteiger partial charge in [-0.15, -0.1) is 24.0 Å². The van der Waals surface area contributed by atoms with E-state index in [1.807, 2.05) is 31.3 Å². The van der Waals surface area contributed by atoms with E-state index in [2.05, 4.69) is 38.7 Å². The second kappa shape index (κ2) is 13.2. The molecule has 2 N–H and O–H groups in total. The van der Waals surface area contributed by atoms with Crippen LogP contribution >= 0.6 is 24.0 Å². The number of hydrogen-bond acceptors (Lipinski definition) is 5. The molecule has 1 fully saturated rings. The molecular weight excluding hydrogens is 519 g/mol. The van der Waals surface area contributed by atoms with Gasteiger partial charge in [-0.05, 0) is 48.6 Å². The molecule has 1 aliphatic heterocycles. The van der Waals surface area contributed by atoms with Gasteiger partial charge in [-0.3, -0.25) is 4.99 Å². The molecule has 3 rings (SSSR count). The van der Waals surface area contributed by atoms with Crippen molar-refractivity contribution in [3.05, 3.63) is 48.0 Å². The third-order valence-corrected chi connectivity index (χ3v) is 5.65. The van der Waals surface area contributed by atoms with Crippen molar-refractivity contribution < 1.29 is 14.2 Å². The Bertz CT molecular complexity index is 878. The van der Waals surface area contributed by atoms with E-state index >= 15 is 0 Å². The van der Waals surface area contributed by atoms with Crippen molar-refractivity contribution in [3.8, 4) is 17.2 Å². The van der Waals surface area contributed by atoms with Gasteiger partial charge in [-0.1, -0.05) is 18.2 Å². The zero-order chi connectivity index (χ0) is 22.1. The highest BCUT2D eigenvalue weighted by molar-refractivity contribution is 14.0. The summed E-state index contributed by atoms with van der Waals surface area (Å²) in [4.78, 5) is 6.76. The van der Waals surface area contributed by atoms with Gasteiger partial charge in [-0.2, -0.15) is 0 Å². The highest BCUT2D eigenvalue weighted by Crippen LogP contribution is 2.31. The standard InChI is InChI=1S/C24H34N4O3.HI/c1-25-24(26-13-11-18-9-10-22(30-3)23(15-18)31-4)27-16-19-12-14-28(17-19)20-7-5-6-8-21(20)29-2;/h5-10,15,19H,11-14,16-17H2,1-4H3,(H2,25,26,27);1H. The maximum atomic E-state index is 5.52. The summed E-state index contributed by atoms with van der Waals surface area (Å²) < 4.78 is 16.2. The zero-order valence-electron chi connectivity index (χ0n) is 19.4. The lowest BCUT2D eigenvalue weighted by molar-refractivity contribution is 0.354. The first-order chi connectivity index (χ1) is 15.2. The lowest BCUT2D eigenvalue weighted by Crippen LogP contribution is -2.41. The summed E-state index contributed by atoms with van der Waals surface area (Å²) in [6.45, 7) is 3.73. The molecule has 32 heavy (non-hydrogen) atoms.